The number of nitrogens with zero attached hydrogens (tertiary/aromatic N) is 1. The van der Waals surface area contributed by atoms with Gasteiger partial charge in [0.2, 0.25) is 11.8 Å². The molecule has 0 aromatic heterocycles. The minimum Gasteiger partial charge on any atom is -0.348 e. The molecular weight excluding hydrogens is 422 g/mol. The Bertz CT molecular complexity index is 1200. The zero-order chi connectivity index (χ0) is 24.4. The lowest BCUT2D eigenvalue weighted by atomic mass is 9.91. The zero-order valence-electron chi connectivity index (χ0n) is 20.4. The monoisotopic (exact) mass is 455 g/mol. The largest absolute Gasteiger partial charge is 0.348 e. The van der Waals surface area contributed by atoms with Crippen LogP contribution in [0.2, 0.25) is 0 Å². The number of hydrogen-bond donors (Lipinski definition) is 2. The van der Waals surface area contributed by atoms with Gasteiger partial charge in [-0.25, -0.2) is 0 Å². The van der Waals surface area contributed by atoms with Gasteiger partial charge in [-0.1, -0.05) is 54.1 Å². The van der Waals surface area contributed by atoms with E-state index in [1.54, 1.807) is 11.8 Å². The third kappa shape index (κ3) is 4.90. The smallest absolute Gasteiger partial charge is 0.237 e. The molecule has 2 unspecified atom stereocenters. The van der Waals surface area contributed by atoms with Gasteiger partial charge >= 0.3 is 0 Å². The highest BCUT2D eigenvalue weighted by Gasteiger charge is 2.30. The molecule has 0 saturated heterocycles. The highest BCUT2D eigenvalue weighted by molar-refractivity contribution is 5.94. The average Bonchev–Trinajstić information content (AvgIpc) is 2.81. The van der Waals surface area contributed by atoms with E-state index in [1.807, 2.05) is 30.3 Å². The van der Waals surface area contributed by atoms with Crippen molar-refractivity contribution < 1.29 is 9.59 Å². The summed E-state index contributed by atoms with van der Waals surface area (Å²) in [6.07, 6.45) is 1.14. The van der Waals surface area contributed by atoms with E-state index >= 15 is 0 Å². The van der Waals surface area contributed by atoms with E-state index in [-0.39, 0.29) is 17.9 Å². The van der Waals surface area contributed by atoms with Gasteiger partial charge in [0.1, 0.15) is 0 Å². The number of anilines is 1. The van der Waals surface area contributed by atoms with Gasteiger partial charge in [0.05, 0.1) is 12.1 Å². The van der Waals surface area contributed by atoms with Crippen LogP contribution in [0.5, 0.6) is 0 Å². The number of carbonyl (C=O) groups excluding carboxylic acids is 2. The number of rotatable bonds is 5. The maximum atomic E-state index is 13.2. The molecule has 5 nitrogen and oxygen atoms in total. The van der Waals surface area contributed by atoms with Crippen LogP contribution in [-0.2, 0) is 16.0 Å². The lowest BCUT2D eigenvalue weighted by Gasteiger charge is -2.35. The number of hydrogen-bond acceptors (Lipinski definition) is 3. The Balaban J connectivity index is 1.59. The van der Waals surface area contributed by atoms with Gasteiger partial charge in [-0.3, -0.25) is 9.59 Å². The molecule has 3 aromatic carbocycles. The SMILES string of the molecule is CC(=O)N1CCC(NC(=O)C(N)Cc2c(C)cc(C)cc2C)c2cc(-c3ccccc3)ccc21. The molecule has 3 N–H and O–H groups in total. The second-order valence-electron chi connectivity index (χ2n) is 9.35. The van der Waals surface area contributed by atoms with Gasteiger partial charge in [-0.05, 0) is 79.1 Å². The third-order valence-electron chi connectivity index (χ3n) is 6.74. The summed E-state index contributed by atoms with van der Waals surface area (Å²) in [7, 11) is 0. The van der Waals surface area contributed by atoms with Gasteiger partial charge in [0, 0.05) is 19.2 Å². The number of fused-ring (bicyclic) bond motifs is 1. The minimum absolute atomic E-state index is 0.000473. The first-order valence-electron chi connectivity index (χ1n) is 11.8. The van der Waals surface area contributed by atoms with E-state index in [0.29, 0.717) is 19.4 Å². The molecule has 0 bridgehead atoms. The summed E-state index contributed by atoms with van der Waals surface area (Å²) < 4.78 is 0. The van der Waals surface area contributed by atoms with Crippen molar-refractivity contribution >= 4 is 17.5 Å². The second-order valence-corrected chi connectivity index (χ2v) is 9.35. The topological polar surface area (TPSA) is 75.4 Å². The van der Waals surface area contributed by atoms with Gasteiger partial charge < -0.3 is 16.0 Å². The Hall–Kier alpha value is -3.44. The molecule has 0 saturated carbocycles. The fraction of sp³-hybridized carbons (Fsp3) is 0.310. The van der Waals surface area contributed by atoms with Crippen LogP contribution in [0.25, 0.3) is 11.1 Å². The molecule has 4 rings (SSSR count). The molecule has 2 amide bonds. The predicted octanol–water partition coefficient (Wildman–Crippen LogP) is 4.76. The normalized spacial score (nSPS) is 16.0. The van der Waals surface area contributed by atoms with Crippen molar-refractivity contribution in [2.45, 2.75) is 52.6 Å². The molecular formula is C29H33N3O2. The number of amides is 2. The van der Waals surface area contributed by atoms with Gasteiger partial charge in [-0.15, -0.1) is 0 Å². The van der Waals surface area contributed by atoms with Crippen LogP contribution in [0.1, 0.15) is 47.2 Å². The van der Waals surface area contributed by atoms with Crippen LogP contribution in [0.15, 0.2) is 60.7 Å². The van der Waals surface area contributed by atoms with E-state index in [1.165, 1.54) is 5.56 Å². The molecule has 1 aliphatic heterocycles. The van der Waals surface area contributed by atoms with E-state index in [2.05, 4.69) is 56.4 Å². The maximum Gasteiger partial charge on any atom is 0.237 e. The average molecular weight is 456 g/mol. The molecule has 5 heteroatoms. The van der Waals surface area contributed by atoms with Crippen molar-refractivity contribution in [3.63, 3.8) is 0 Å². The Morgan fingerprint density at radius 3 is 2.32 bits per heavy atom. The Kier molecular flexibility index (Phi) is 6.85. The summed E-state index contributed by atoms with van der Waals surface area (Å²) in [5.74, 6) is -0.169. The maximum absolute atomic E-state index is 13.2. The van der Waals surface area contributed by atoms with Crippen molar-refractivity contribution in [1.82, 2.24) is 5.32 Å². The highest BCUT2D eigenvalue weighted by Crippen LogP contribution is 2.37. The molecule has 0 radical (unpaired) electrons. The summed E-state index contributed by atoms with van der Waals surface area (Å²) in [6.45, 7) is 8.35. The molecule has 1 aliphatic rings. The predicted molar refractivity (Wildman–Crippen MR) is 138 cm³/mol. The Morgan fingerprint density at radius 1 is 1.00 bits per heavy atom. The van der Waals surface area contributed by atoms with Crippen LogP contribution in [0, 0.1) is 20.8 Å². The minimum atomic E-state index is -0.647. The third-order valence-corrected chi connectivity index (χ3v) is 6.74. The van der Waals surface area contributed by atoms with Gasteiger partial charge in [0.25, 0.3) is 0 Å². The zero-order valence-corrected chi connectivity index (χ0v) is 20.4. The fourth-order valence-electron chi connectivity index (χ4n) is 5.02. The van der Waals surface area contributed by atoms with Crippen LogP contribution in [0.3, 0.4) is 0 Å². The van der Waals surface area contributed by atoms with E-state index < -0.39 is 6.04 Å². The summed E-state index contributed by atoms with van der Waals surface area (Å²) in [5.41, 5.74) is 15.0. The fourth-order valence-corrected chi connectivity index (χ4v) is 5.02. The van der Waals surface area contributed by atoms with Crippen LogP contribution in [-0.4, -0.2) is 24.4 Å². The van der Waals surface area contributed by atoms with Crippen molar-refractivity contribution in [1.29, 1.82) is 0 Å². The van der Waals surface area contributed by atoms with Crippen molar-refractivity contribution in [3.8, 4) is 11.1 Å². The van der Waals surface area contributed by atoms with E-state index in [9.17, 15) is 9.59 Å². The first-order valence-corrected chi connectivity index (χ1v) is 11.8. The summed E-state index contributed by atoms with van der Waals surface area (Å²) >= 11 is 0. The molecule has 34 heavy (non-hydrogen) atoms. The van der Waals surface area contributed by atoms with Crippen LogP contribution >= 0.6 is 0 Å². The van der Waals surface area contributed by atoms with E-state index in [0.717, 1.165) is 39.1 Å². The number of nitrogens with one attached hydrogen (secondary N) is 1. The molecule has 176 valence electrons. The number of nitrogens with two attached hydrogens (primary N) is 1. The standard InChI is InChI=1S/C29H33N3O2/c1-18-14-19(2)24(20(3)15-18)17-26(30)29(34)31-27-12-13-32(21(4)33)28-11-10-23(16-25(27)28)22-8-6-5-7-9-22/h5-11,14-16,26-27H,12-13,17,30H2,1-4H3,(H,31,34). The molecule has 1 heterocycles. The Morgan fingerprint density at radius 2 is 1.68 bits per heavy atom. The quantitative estimate of drug-likeness (QED) is 0.582. The number of carbonyl (C=O) groups is 2. The molecule has 2 atom stereocenters. The van der Waals surface area contributed by atoms with Gasteiger partial charge in [-0.2, -0.15) is 0 Å². The van der Waals surface area contributed by atoms with Crippen molar-refractivity contribution in [2.24, 2.45) is 5.73 Å². The summed E-state index contributed by atoms with van der Waals surface area (Å²) in [5, 5.41) is 3.18. The summed E-state index contributed by atoms with van der Waals surface area (Å²) in [4.78, 5) is 27.2. The molecule has 3 aromatic rings. The van der Waals surface area contributed by atoms with Crippen LogP contribution in [0.4, 0.5) is 5.69 Å². The Labute approximate surface area is 202 Å². The number of benzene rings is 3. The summed E-state index contributed by atoms with van der Waals surface area (Å²) in [6, 6.07) is 19.6. The van der Waals surface area contributed by atoms with Gasteiger partial charge in [0.15, 0.2) is 0 Å². The molecule has 0 spiro atoms. The molecule has 0 fully saturated rings. The molecule has 0 aliphatic carbocycles. The van der Waals surface area contributed by atoms with Crippen LogP contribution < -0.4 is 16.0 Å². The highest BCUT2D eigenvalue weighted by atomic mass is 16.2. The first-order chi connectivity index (χ1) is 16.2. The number of aryl methyl sites for hydroxylation is 3. The van der Waals surface area contributed by atoms with Crippen molar-refractivity contribution in [2.75, 3.05) is 11.4 Å². The van der Waals surface area contributed by atoms with Crippen molar-refractivity contribution in [3.05, 3.63) is 88.5 Å². The lowest BCUT2D eigenvalue weighted by Crippen LogP contribution is -2.46. The first kappa shape index (κ1) is 23.7. The van der Waals surface area contributed by atoms with E-state index in [4.69, 9.17) is 5.73 Å². The second kappa shape index (κ2) is 9.82. The lowest BCUT2D eigenvalue weighted by molar-refractivity contribution is -0.123.